The van der Waals surface area contributed by atoms with E-state index in [2.05, 4.69) is 18.8 Å². The van der Waals surface area contributed by atoms with Crippen LogP contribution in [0.4, 0.5) is 4.79 Å². The Morgan fingerprint density at radius 1 is 1.20 bits per heavy atom. The molecule has 3 heteroatoms. The van der Waals surface area contributed by atoms with Gasteiger partial charge < -0.3 is 9.47 Å². The van der Waals surface area contributed by atoms with Gasteiger partial charge in [-0.05, 0) is 19.3 Å². The molecule has 0 aliphatic carbocycles. The lowest BCUT2D eigenvalue weighted by atomic mass is 10.0. The first kappa shape index (κ1) is 11.9. The van der Waals surface area contributed by atoms with Gasteiger partial charge in [-0.3, -0.25) is 0 Å². The van der Waals surface area contributed by atoms with E-state index in [-0.39, 0.29) is 0 Å². The lowest BCUT2D eigenvalue weighted by molar-refractivity contribution is -0.237. The van der Waals surface area contributed by atoms with Crippen molar-refractivity contribution in [1.82, 2.24) is 0 Å². The van der Waals surface area contributed by atoms with Crippen LogP contribution in [0, 0.1) is 11.8 Å². The predicted octanol–water partition coefficient (Wildman–Crippen LogP) is 3.23. The van der Waals surface area contributed by atoms with E-state index in [1.54, 1.807) is 6.92 Å². The zero-order valence-electron chi connectivity index (χ0n) is 9.47. The molecule has 0 aromatic heterocycles. The van der Waals surface area contributed by atoms with Crippen molar-refractivity contribution < 1.29 is 14.3 Å². The summed E-state index contributed by atoms with van der Waals surface area (Å²) in [6.45, 7) is 3.90. The van der Waals surface area contributed by atoms with Gasteiger partial charge in [0, 0.05) is 6.42 Å². The third kappa shape index (κ3) is 3.47. The molecule has 84 valence electrons. The van der Waals surface area contributed by atoms with Crippen LogP contribution in [-0.4, -0.2) is 11.9 Å². The first-order chi connectivity index (χ1) is 7.22. The summed E-state index contributed by atoms with van der Waals surface area (Å²) in [5.74, 6) is 4.61. The average Bonchev–Trinajstić information content (AvgIpc) is 2.16. The van der Waals surface area contributed by atoms with Crippen molar-refractivity contribution in [1.29, 1.82) is 0 Å². The maximum absolute atomic E-state index is 10.6. The van der Waals surface area contributed by atoms with E-state index < -0.39 is 11.9 Å². The number of hydrogen-bond donors (Lipinski definition) is 0. The molecule has 0 spiro atoms. The highest BCUT2D eigenvalue weighted by atomic mass is 16.9. The number of hydrogen-bond acceptors (Lipinski definition) is 3. The number of unbranched alkanes of at least 4 members (excludes halogenated alkanes) is 4. The second-order valence-electron chi connectivity index (χ2n) is 3.75. The molecule has 0 radical (unpaired) electrons. The summed E-state index contributed by atoms with van der Waals surface area (Å²) in [5, 5.41) is 0. The molecule has 0 amide bonds. The van der Waals surface area contributed by atoms with Crippen molar-refractivity contribution in [3.8, 4) is 11.8 Å². The van der Waals surface area contributed by atoms with E-state index in [4.69, 9.17) is 9.47 Å². The second-order valence-corrected chi connectivity index (χ2v) is 3.75. The molecule has 0 aromatic carbocycles. The smallest absolute Gasteiger partial charge is 0.379 e. The summed E-state index contributed by atoms with van der Waals surface area (Å²) in [7, 11) is 0. The molecule has 0 saturated carbocycles. The van der Waals surface area contributed by atoms with Gasteiger partial charge in [-0.2, -0.15) is 0 Å². The maximum atomic E-state index is 10.6. The summed E-state index contributed by atoms with van der Waals surface area (Å²) in [4.78, 5) is 10.6. The first-order valence-electron chi connectivity index (χ1n) is 5.58. The Kier molecular flexibility index (Phi) is 4.48. The minimum absolute atomic E-state index is 0.605. The molecule has 0 bridgehead atoms. The van der Waals surface area contributed by atoms with Gasteiger partial charge in [0.25, 0.3) is 0 Å². The quantitative estimate of drug-likeness (QED) is 0.383. The predicted molar refractivity (Wildman–Crippen MR) is 57.1 cm³/mol. The van der Waals surface area contributed by atoms with Crippen molar-refractivity contribution in [2.24, 2.45) is 0 Å². The van der Waals surface area contributed by atoms with Gasteiger partial charge in [-0.15, -0.1) is 0 Å². The third-order valence-electron chi connectivity index (χ3n) is 2.42. The second kappa shape index (κ2) is 5.65. The summed E-state index contributed by atoms with van der Waals surface area (Å²) >= 11 is 0. The molecule has 1 heterocycles. The van der Waals surface area contributed by atoms with Gasteiger partial charge in [-0.1, -0.05) is 38.5 Å². The molecule has 0 N–H and O–H groups in total. The van der Waals surface area contributed by atoms with Crippen LogP contribution in [0.3, 0.4) is 0 Å². The Morgan fingerprint density at radius 3 is 2.40 bits per heavy atom. The monoisotopic (exact) mass is 210 g/mol. The van der Waals surface area contributed by atoms with Crippen LogP contribution in [0.15, 0.2) is 0 Å². The van der Waals surface area contributed by atoms with Gasteiger partial charge in [0.2, 0.25) is 0 Å². The topological polar surface area (TPSA) is 35.5 Å². The summed E-state index contributed by atoms with van der Waals surface area (Å²) in [5.41, 5.74) is 0. The van der Waals surface area contributed by atoms with Crippen molar-refractivity contribution in [3.63, 3.8) is 0 Å². The van der Waals surface area contributed by atoms with E-state index in [0.717, 1.165) is 12.8 Å². The molecule has 1 fully saturated rings. The molecule has 1 aliphatic rings. The van der Waals surface area contributed by atoms with Crippen LogP contribution in [0.5, 0.6) is 0 Å². The molecule has 1 aliphatic heterocycles. The minimum Gasteiger partial charge on any atom is -0.379 e. The highest BCUT2D eigenvalue weighted by Gasteiger charge is 2.46. The zero-order chi connectivity index (χ0) is 11.1. The molecule has 3 nitrogen and oxygen atoms in total. The highest BCUT2D eigenvalue weighted by Crippen LogP contribution is 2.30. The average molecular weight is 210 g/mol. The van der Waals surface area contributed by atoms with E-state index in [9.17, 15) is 4.79 Å². The van der Waals surface area contributed by atoms with E-state index in [0.29, 0.717) is 6.42 Å². The molecule has 0 atom stereocenters. The Morgan fingerprint density at radius 2 is 1.87 bits per heavy atom. The number of ether oxygens (including phenoxy) is 2. The van der Waals surface area contributed by atoms with Crippen molar-refractivity contribution in [3.05, 3.63) is 0 Å². The lowest BCUT2D eigenvalue weighted by Crippen LogP contribution is -2.48. The van der Waals surface area contributed by atoms with Crippen molar-refractivity contribution >= 4 is 6.16 Å². The Hall–Kier alpha value is -1.17. The fraction of sp³-hybridized carbons (Fsp3) is 0.750. The van der Waals surface area contributed by atoms with Gasteiger partial charge >= 0.3 is 11.9 Å². The number of rotatable bonds is 6. The van der Waals surface area contributed by atoms with Crippen LogP contribution in [0.2, 0.25) is 0 Å². The highest BCUT2D eigenvalue weighted by molar-refractivity contribution is 5.67. The molecule has 1 saturated heterocycles. The molecule has 15 heavy (non-hydrogen) atoms. The number of carbonyl (C=O) groups excluding carboxylic acids is 1. The molecular weight excluding hydrogens is 192 g/mol. The largest absolute Gasteiger partial charge is 0.516 e. The van der Waals surface area contributed by atoms with Crippen LogP contribution in [0.25, 0.3) is 0 Å². The van der Waals surface area contributed by atoms with Crippen LogP contribution in [-0.2, 0) is 9.47 Å². The number of cyclic esters (lactones) is 2. The van der Waals surface area contributed by atoms with Crippen LogP contribution < -0.4 is 0 Å². The van der Waals surface area contributed by atoms with E-state index >= 15 is 0 Å². The molecule has 0 aromatic rings. The summed E-state index contributed by atoms with van der Waals surface area (Å²) in [6, 6.07) is 0. The molecular formula is C12H18O3. The zero-order valence-corrected chi connectivity index (χ0v) is 9.47. The van der Waals surface area contributed by atoms with E-state index in [1.807, 2.05) is 0 Å². The molecule has 1 rings (SSSR count). The van der Waals surface area contributed by atoms with Crippen LogP contribution >= 0.6 is 0 Å². The maximum Gasteiger partial charge on any atom is 0.516 e. The first-order valence-corrected chi connectivity index (χ1v) is 5.58. The lowest BCUT2D eigenvalue weighted by Gasteiger charge is -2.35. The Labute approximate surface area is 91.1 Å². The third-order valence-corrected chi connectivity index (χ3v) is 2.42. The van der Waals surface area contributed by atoms with Gasteiger partial charge in [0.1, 0.15) is 0 Å². The fourth-order valence-corrected chi connectivity index (χ4v) is 1.64. The van der Waals surface area contributed by atoms with Gasteiger partial charge in [0.05, 0.1) is 0 Å². The fourth-order valence-electron chi connectivity index (χ4n) is 1.64. The van der Waals surface area contributed by atoms with Crippen molar-refractivity contribution in [2.75, 3.05) is 0 Å². The molecule has 0 unspecified atom stereocenters. The standard InChI is InChI=1S/C12H18O3/c1-3-5-6-7-8-10-12(9-4-2)14-11(13)15-12/h3,5-8,10H2,1-2H3. The normalized spacial score (nSPS) is 16.8. The van der Waals surface area contributed by atoms with Crippen molar-refractivity contribution in [2.45, 2.75) is 58.2 Å². The Bertz CT molecular complexity index is 264. The van der Waals surface area contributed by atoms with E-state index in [1.165, 1.54) is 19.3 Å². The van der Waals surface area contributed by atoms with Crippen LogP contribution in [0.1, 0.15) is 52.4 Å². The number of carbonyl (C=O) groups is 1. The minimum atomic E-state index is -0.919. The van der Waals surface area contributed by atoms with Gasteiger partial charge in [0.15, 0.2) is 0 Å². The summed E-state index contributed by atoms with van der Waals surface area (Å²) < 4.78 is 9.88. The Balaban J connectivity index is 2.21. The summed E-state index contributed by atoms with van der Waals surface area (Å²) in [6.07, 6.45) is 5.91. The van der Waals surface area contributed by atoms with Gasteiger partial charge in [-0.25, -0.2) is 4.79 Å². The SMILES string of the molecule is CC#CC1(CCCCCCC)OC(=O)O1.